The summed E-state index contributed by atoms with van der Waals surface area (Å²) in [6.07, 6.45) is 1.42. The average molecular weight is 272 g/mol. The molecule has 0 saturated heterocycles. The van der Waals surface area contributed by atoms with Gasteiger partial charge in [-0.2, -0.15) is 15.4 Å². The van der Waals surface area contributed by atoms with Crippen LogP contribution < -0.4 is 5.32 Å². The summed E-state index contributed by atoms with van der Waals surface area (Å²) in [4.78, 5) is 12.2. The van der Waals surface area contributed by atoms with Crippen molar-refractivity contribution in [3.63, 3.8) is 0 Å². The fourth-order valence-corrected chi connectivity index (χ4v) is 2.19. The zero-order valence-corrected chi connectivity index (χ0v) is 12.3. The van der Waals surface area contributed by atoms with E-state index in [-0.39, 0.29) is 17.4 Å². The number of aromatic amines is 1. The first-order chi connectivity index (χ1) is 9.39. The topological polar surface area (TPSA) is 70.7 Å². The normalized spacial score (nSPS) is 13.0. The molecule has 1 atom stereocenters. The Balaban J connectivity index is 2.31. The van der Waals surface area contributed by atoms with Crippen molar-refractivity contribution in [3.8, 4) is 0 Å². The second-order valence-electron chi connectivity index (χ2n) is 5.98. The number of amides is 1. The third kappa shape index (κ3) is 3.04. The Morgan fingerprint density at radius 3 is 2.55 bits per heavy atom. The molecule has 2 rings (SSSR count). The number of nitrogens with zero attached hydrogens (tertiary/aromatic N) is 2. The van der Waals surface area contributed by atoms with E-state index in [9.17, 15) is 4.79 Å². The fourth-order valence-electron chi connectivity index (χ4n) is 2.19. The van der Waals surface area contributed by atoms with Gasteiger partial charge in [0.05, 0.1) is 12.2 Å². The molecule has 1 aromatic carbocycles. The molecule has 0 aliphatic heterocycles. The van der Waals surface area contributed by atoms with Crippen molar-refractivity contribution in [2.24, 2.45) is 5.41 Å². The quantitative estimate of drug-likeness (QED) is 0.902. The number of benzene rings is 1. The standard InChI is InChI=1S/C15H20N4O/c1-10-7-5-6-8-11(10)13(15(2,3)4)17-14(20)12-9-16-19-18-12/h5-9,13H,1-4H3,(H,17,20)(H,16,18,19). The van der Waals surface area contributed by atoms with E-state index in [1.807, 2.05) is 18.2 Å². The molecule has 0 aliphatic rings. The highest BCUT2D eigenvalue weighted by atomic mass is 16.2. The van der Waals surface area contributed by atoms with E-state index in [4.69, 9.17) is 0 Å². The van der Waals surface area contributed by atoms with E-state index in [2.05, 4.69) is 54.5 Å². The lowest BCUT2D eigenvalue weighted by Gasteiger charge is -2.32. The number of carbonyl (C=O) groups is 1. The Labute approximate surface area is 118 Å². The number of aromatic nitrogens is 3. The highest BCUT2D eigenvalue weighted by Gasteiger charge is 2.29. The van der Waals surface area contributed by atoms with Crippen molar-refractivity contribution in [1.29, 1.82) is 0 Å². The summed E-state index contributed by atoms with van der Waals surface area (Å²) in [5.41, 5.74) is 2.48. The van der Waals surface area contributed by atoms with Crippen LogP contribution in [0.4, 0.5) is 0 Å². The molecule has 0 aliphatic carbocycles. The molecular weight excluding hydrogens is 252 g/mol. The second-order valence-corrected chi connectivity index (χ2v) is 5.98. The molecule has 1 heterocycles. The molecule has 106 valence electrons. The van der Waals surface area contributed by atoms with Gasteiger partial charge in [-0.1, -0.05) is 45.0 Å². The second kappa shape index (κ2) is 5.45. The van der Waals surface area contributed by atoms with Gasteiger partial charge >= 0.3 is 0 Å². The summed E-state index contributed by atoms with van der Waals surface area (Å²) in [6, 6.07) is 8.00. The van der Waals surface area contributed by atoms with Gasteiger partial charge in [-0.25, -0.2) is 0 Å². The van der Waals surface area contributed by atoms with Gasteiger partial charge < -0.3 is 5.32 Å². The molecular formula is C15H20N4O. The SMILES string of the molecule is Cc1ccccc1C(NC(=O)c1cn[nH]n1)C(C)(C)C. The highest BCUT2D eigenvalue weighted by Crippen LogP contribution is 2.34. The van der Waals surface area contributed by atoms with Gasteiger partial charge in [-0.3, -0.25) is 4.79 Å². The van der Waals surface area contributed by atoms with Crippen LogP contribution in [-0.4, -0.2) is 21.3 Å². The summed E-state index contributed by atoms with van der Waals surface area (Å²) in [5, 5.41) is 13.0. The van der Waals surface area contributed by atoms with Crippen LogP contribution in [0, 0.1) is 12.3 Å². The first kappa shape index (κ1) is 14.2. The number of hydrogen-bond donors (Lipinski definition) is 2. The predicted octanol–water partition coefficient (Wildman–Crippen LogP) is 2.63. The molecule has 0 radical (unpaired) electrons. The van der Waals surface area contributed by atoms with E-state index in [1.54, 1.807) is 0 Å². The van der Waals surface area contributed by atoms with Crippen molar-refractivity contribution < 1.29 is 4.79 Å². The van der Waals surface area contributed by atoms with E-state index >= 15 is 0 Å². The lowest BCUT2D eigenvalue weighted by Crippen LogP contribution is -2.37. The Bertz CT molecular complexity index is 584. The largest absolute Gasteiger partial charge is 0.343 e. The Hall–Kier alpha value is -2.17. The average Bonchev–Trinajstić information content (AvgIpc) is 2.89. The lowest BCUT2D eigenvalue weighted by molar-refractivity contribution is 0.0896. The van der Waals surface area contributed by atoms with Gasteiger partial charge in [-0.15, -0.1) is 0 Å². The highest BCUT2D eigenvalue weighted by molar-refractivity contribution is 5.92. The van der Waals surface area contributed by atoms with Gasteiger partial charge in [0.25, 0.3) is 5.91 Å². The summed E-state index contributed by atoms with van der Waals surface area (Å²) in [5.74, 6) is -0.220. The maximum atomic E-state index is 12.2. The van der Waals surface area contributed by atoms with E-state index < -0.39 is 0 Å². The van der Waals surface area contributed by atoms with Crippen molar-refractivity contribution in [2.75, 3.05) is 0 Å². The van der Waals surface area contributed by atoms with Crippen LogP contribution in [0.3, 0.4) is 0 Å². The van der Waals surface area contributed by atoms with Crippen molar-refractivity contribution in [1.82, 2.24) is 20.7 Å². The smallest absolute Gasteiger partial charge is 0.273 e. The van der Waals surface area contributed by atoms with Crippen LogP contribution in [0.2, 0.25) is 0 Å². The van der Waals surface area contributed by atoms with E-state index in [1.165, 1.54) is 6.20 Å². The minimum atomic E-state index is -0.220. The Morgan fingerprint density at radius 2 is 2.00 bits per heavy atom. The predicted molar refractivity (Wildman–Crippen MR) is 77.2 cm³/mol. The molecule has 5 heteroatoms. The maximum Gasteiger partial charge on any atom is 0.273 e. The van der Waals surface area contributed by atoms with E-state index in [0.717, 1.165) is 11.1 Å². The molecule has 1 aromatic heterocycles. The third-order valence-electron chi connectivity index (χ3n) is 3.29. The van der Waals surface area contributed by atoms with Crippen LogP contribution in [0.15, 0.2) is 30.5 Å². The third-order valence-corrected chi connectivity index (χ3v) is 3.29. The zero-order chi connectivity index (χ0) is 14.8. The number of nitrogens with one attached hydrogen (secondary N) is 2. The van der Waals surface area contributed by atoms with Crippen molar-refractivity contribution >= 4 is 5.91 Å². The van der Waals surface area contributed by atoms with Crippen molar-refractivity contribution in [2.45, 2.75) is 33.7 Å². The fraction of sp³-hybridized carbons (Fsp3) is 0.400. The molecule has 0 fully saturated rings. The summed E-state index contributed by atoms with van der Waals surface area (Å²) < 4.78 is 0. The van der Waals surface area contributed by atoms with Crippen LogP contribution in [0.5, 0.6) is 0 Å². The number of carbonyl (C=O) groups excluding carboxylic acids is 1. The Morgan fingerprint density at radius 1 is 1.30 bits per heavy atom. The summed E-state index contributed by atoms with van der Waals surface area (Å²) >= 11 is 0. The van der Waals surface area contributed by atoms with Crippen LogP contribution in [0.25, 0.3) is 0 Å². The van der Waals surface area contributed by atoms with Crippen LogP contribution in [-0.2, 0) is 0 Å². The first-order valence-electron chi connectivity index (χ1n) is 6.62. The van der Waals surface area contributed by atoms with Crippen LogP contribution in [0.1, 0.15) is 48.4 Å². The van der Waals surface area contributed by atoms with E-state index in [0.29, 0.717) is 5.69 Å². The van der Waals surface area contributed by atoms with Gasteiger partial charge in [0.1, 0.15) is 0 Å². The minimum Gasteiger partial charge on any atom is -0.343 e. The first-order valence-corrected chi connectivity index (χ1v) is 6.62. The number of rotatable bonds is 3. The van der Waals surface area contributed by atoms with Gasteiger partial charge in [-0.05, 0) is 23.5 Å². The molecule has 0 saturated carbocycles. The zero-order valence-electron chi connectivity index (χ0n) is 12.3. The molecule has 1 unspecified atom stereocenters. The molecule has 2 aromatic rings. The summed E-state index contributed by atoms with van der Waals surface area (Å²) in [7, 11) is 0. The van der Waals surface area contributed by atoms with Crippen LogP contribution >= 0.6 is 0 Å². The molecule has 2 N–H and O–H groups in total. The number of hydrogen-bond acceptors (Lipinski definition) is 3. The van der Waals surface area contributed by atoms with Crippen molar-refractivity contribution in [3.05, 3.63) is 47.3 Å². The molecule has 0 spiro atoms. The monoisotopic (exact) mass is 272 g/mol. The maximum absolute atomic E-state index is 12.2. The molecule has 0 bridgehead atoms. The molecule has 20 heavy (non-hydrogen) atoms. The van der Waals surface area contributed by atoms with Gasteiger partial charge in [0.15, 0.2) is 5.69 Å². The molecule has 5 nitrogen and oxygen atoms in total. The minimum absolute atomic E-state index is 0.0899. The number of aryl methyl sites for hydroxylation is 1. The molecule has 1 amide bonds. The van der Waals surface area contributed by atoms with Gasteiger partial charge in [0.2, 0.25) is 0 Å². The Kier molecular flexibility index (Phi) is 3.88. The summed E-state index contributed by atoms with van der Waals surface area (Å²) in [6.45, 7) is 8.36. The van der Waals surface area contributed by atoms with Gasteiger partial charge in [0, 0.05) is 0 Å². The lowest BCUT2D eigenvalue weighted by atomic mass is 9.81. The number of H-pyrrole nitrogens is 1.